The molecule has 0 aliphatic carbocycles. The van der Waals surface area contributed by atoms with Crippen LogP contribution >= 0.6 is 0 Å². The fraction of sp³-hybridized carbons (Fsp3) is 0.315. The van der Waals surface area contributed by atoms with Crippen LogP contribution in [0, 0.1) is 76.2 Å². The van der Waals surface area contributed by atoms with Crippen LogP contribution in [0.25, 0.3) is 86.7 Å². The number of carbonyl (C=O) groups is 4. The van der Waals surface area contributed by atoms with Crippen LogP contribution in [0.5, 0.6) is 0 Å². The summed E-state index contributed by atoms with van der Waals surface area (Å²) < 4.78 is 31.3. The smallest absolute Gasteiger partial charge is 0.196 e. The van der Waals surface area contributed by atoms with Gasteiger partial charge in [0.15, 0.2) is 23.1 Å². The number of ether oxygens (including phenoxy) is 4. The van der Waals surface area contributed by atoms with E-state index in [9.17, 15) is 19.2 Å². The quantitative estimate of drug-likeness (QED) is 0.0672. The summed E-state index contributed by atoms with van der Waals surface area (Å²) in [5.41, 5.74) is 23.5. The molecule has 12 aromatic carbocycles. The minimum atomic E-state index is 0.107. The van der Waals surface area contributed by atoms with Gasteiger partial charge in [-0.05, 0) is 183 Å². The van der Waals surface area contributed by atoms with Crippen molar-refractivity contribution in [1.29, 1.82) is 0 Å². The van der Waals surface area contributed by atoms with Gasteiger partial charge in [-0.15, -0.1) is 0 Å². The molecule has 0 amide bonds. The van der Waals surface area contributed by atoms with Crippen molar-refractivity contribution in [1.82, 2.24) is 37.9 Å². The molecular weight excluding hydrogens is 1570 g/mol. The SMILES string of the molecule is Cc1ccc(C(=O)c2c(C)n(CCN3CCOCC3)c3ccccc23)c2ccccc12.Cc1ccc2c(C(=O)c3ccc(C)c4ccccc34)c(C)n(CCN3CCOCC3)c2c1.Cc1ccc2c(c1)c(C(=O)c1ccc(C)c3ccccc13)c(C)n2CCN1CCOCC1.Cc1ccc2c(c1)c(C(=O)c1ccc(C)c3ccccc13)c(C)n2CCN1CCOCC1. The molecule has 127 heavy (non-hydrogen) atoms. The average Bonchev–Trinajstić information content (AvgIpc) is 1.62. The molecule has 16 heteroatoms. The topological polar surface area (TPSA) is 138 Å². The first-order chi connectivity index (χ1) is 61.8. The molecule has 4 aromatic heterocycles. The minimum Gasteiger partial charge on any atom is -0.379 e. The standard InChI is InChI=1S/3C28H30N2O2.C27H28N2O2/c2*1-19-8-11-26-25(18-19)27(21(3)30(26)13-12-29-14-16-32-17-15-29)28(31)24-10-9-20(2)22-6-4-5-7-23(22)24;1-19-8-10-25-26(18-19)30(13-12-29-14-16-32-17-15-29)21(3)27(25)28(31)24-11-9-20(2)22-6-4-5-7-23(22)24;1-19-11-12-23(22-8-4-3-7-21(19)22)27(30)26-20(2)29(25-10-6-5-9-24(25)26)14-13-28-15-17-31-18-16-28/h3*4-11,18H,12-17H2,1-3H3;3-12H,13-18H2,1-2H3. The van der Waals surface area contributed by atoms with Crippen molar-refractivity contribution in [2.75, 3.05) is 131 Å². The van der Waals surface area contributed by atoms with Gasteiger partial charge in [0.25, 0.3) is 0 Å². The number of carbonyl (C=O) groups excluding carboxylic acids is 4. The summed E-state index contributed by atoms with van der Waals surface area (Å²) in [5.74, 6) is 0.437. The Kier molecular flexibility index (Phi) is 26.7. The van der Waals surface area contributed by atoms with Crippen LogP contribution in [0.1, 0.15) is 125 Å². The van der Waals surface area contributed by atoms with Crippen molar-refractivity contribution in [2.45, 2.75) is 102 Å². The number of benzene rings is 12. The third-order valence-electron chi connectivity index (χ3n) is 27.1. The van der Waals surface area contributed by atoms with Crippen LogP contribution in [0.2, 0.25) is 0 Å². The van der Waals surface area contributed by atoms with E-state index in [1.165, 1.54) is 38.9 Å². The molecule has 8 heterocycles. The molecule has 0 N–H and O–H groups in total. The van der Waals surface area contributed by atoms with E-state index in [0.29, 0.717) is 0 Å². The second-order valence-corrected chi connectivity index (χ2v) is 35.1. The number of hydrogen-bond acceptors (Lipinski definition) is 12. The average molecular weight is 1690 g/mol. The lowest BCUT2D eigenvalue weighted by molar-refractivity contribution is 0.0364. The maximum absolute atomic E-state index is 14.0. The zero-order valence-corrected chi connectivity index (χ0v) is 75.7. The van der Waals surface area contributed by atoms with Crippen LogP contribution in [-0.4, -0.2) is 192 Å². The van der Waals surface area contributed by atoms with Crippen molar-refractivity contribution < 1.29 is 38.1 Å². The Morgan fingerprint density at radius 3 is 0.748 bits per heavy atom. The summed E-state index contributed by atoms with van der Waals surface area (Å²) in [6.45, 7) is 44.6. The van der Waals surface area contributed by atoms with Gasteiger partial charge in [0.05, 0.1) is 75.1 Å². The summed E-state index contributed by atoms with van der Waals surface area (Å²) in [6, 6.07) is 76.7. The maximum Gasteiger partial charge on any atom is 0.196 e. The molecule has 4 aliphatic rings. The van der Waals surface area contributed by atoms with Gasteiger partial charge in [-0.3, -0.25) is 38.8 Å². The summed E-state index contributed by atoms with van der Waals surface area (Å²) in [4.78, 5) is 65.6. The Bertz CT molecular complexity index is 6630. The first-order valence-corrected chi connectivity index (χ1v) is 45.5. The van der Waals surface area contributed by atoms with Crippen molar-refractivity contribution in [3.63, 3.8) is 0 Å². The Balaban J connectivity index is 0.000000119. The van der Waals surface area contributed by atoms with Crippen LogP contribution in [0.15, 0.2) is 224 Å². The normalized spacial score (nSPS) is 15.0. The second kappa shape index (κ2) is 38.8. The molecule has 0 unspecified atom stereocenters. The Morgan fingerprint density at radius 2 is 0.449 bits per heavy atom. The van der Waals surface area contributed by atoms with E-state index in [0.717, 1.165) is 312 Å². The Morgan fingerprint density at radius 1 is 0.220 bits per heavy atom. The Labute approximate surface area is 745 Å². The molecule has 650 valence electrons. The molecule has 0 spiro atoms. The number of nitrogens with zero attached hydrogens (tertiary/aromatic N) is 8. The van der Waals surface area contributed by atoms with E-state index < -0.39 is 0 Å². The number of hydrogen-bond donors (Lipinski definition) is 0. The molecule has 0 bridgehead atoms. The van der Waals surface area contributed by atoms with E-state index >= 15 is 0 Å². The molecule has 16 nitrogen and oxygen atoms in total. The van der Waals surface area contributed by atoms with E-state index in [1.54, 1.807) is 0 Å². The first-order valence-electron chi connectivity index (χ1n) is 45.5. The highest BCUT2D eigenvalue weighted by atomic mass is 16.5. The molecule has 4 aliphatic heterocycles. The van der Waals surface area contributed by atoms with Crippen LogP contribution in [-0.2, 0) is 45.1 Å². The van der Waals surface area contributed by atoms with Crippen molar-refractivity contribution in [3.8, 4) is 0 Å². The lowest BCUT2D eigenvalue weighted by Gasteiger charge is -2.27. The van der Waals surface area contributed by atoms with Gasteiger partial charge in [0.2, 0.25) is 0 Å². The van der Waals surface area contributed by atoms with Crippen molar-refractivity contribution in [3.05, 3.63) is 331 Å². The van der Waals surface area contributed by atoms with E-state index in [2.05, 4.69) is 260 Å². The molecule has 16 aromatic rings. The molecule has 0 saturated carbocycles. The van der Waals surface area contributed by atoms with Gasteiger partial charge in [-0.2, -0.15) is 0 Å². The molecule has 4 fully saturated rings. The second-order valence-electron chi connectivity index (χ2n) is 35.1. The summed E-state index contributed by atoms with van der Waals surface area (Å²) in [6.07, 6.45) is 0. The summed E-state index contributed by atoms with van der Waals surface area (Å²) in [7, 11) is 0. The van der Waals surface area contributed by atoms with Gasteiger partial charge in [0, 0.05) is 193 Å². The Hall–Kier alpha value is -11.8. The number of aromatic nitrogens is 4. The summed E-state index contributed by atoms with van der Waals surface area (Å²) >= 11 is 0. The molecule has 20 rings (SSSR count). The number of fused-ring (bicyclic) bond motifs is 8. The van der Waals surface area contributed by atoms with Crippen molar-refractivity contribution in [2.24, 2.45) is 0 Å². The van der Waals surface area contributed by atoms with Gasteiger partial charge in [-0.25, -0.2) is 0 Å². The summed E-state index contributed by atoms with van der Waals surface area (Å²) in [5, 5.41) is 12.9. The third-order valence-corrected chi connectivity index (χ3v) is 27.1. The van der Waals surface area contributed by atoms with E-state index in [4.69, 9.17) is 18.9 Å². The minimum absolute atomic E-state index is 0.107. The van der Waals surface area contributed by atoms with Gasteiger partial charge in [-0.1, -0.05) is 199 Å². The number of para-hydroxylation sites is 1. The van der Waals surface area contributed by atoms with Gasteiger partial charge in [0.1, 0.15) is 0 Å². The maximum atomic E-state index is 14.0. The van der Waals surface area contributed by atoms with E-state index in [-0.39, 0.29) is 23.1 Å². The number of ketones is 4. The van der Waals surface area contributed by atoms with Crippen LogP contribution in [0.4, 0.5) is 0 Å². The predicted molar refractivity (Wildman–Crippen MR) is 518 cm³/mol. The van der Waals surface area contributed by atoms with Gasteiger partial charge < -0.3 is 37.2 Å². The predicted octanol–water partition coefficient (Wildman–Crippen LogP) is 20.8. The highest BCUT2D eigenvalue weighted by Crippen LogP contribution is 2.38. The number of rotatable bonds is 20. The van der Waals surface area contributed by atoms with E-state index in [1.807, 2.05) is 78.9 Å². The van der Waals surface area contributed by atoms with Gasteiger partial charge >= 0.3 is 0 Å². The fourth-order valence-corrected chi connectivity index (χ4v) is 19.9. The third kappa shape index (κ3) is 18.1. The highest BCUT2D eigenvalue weighted by Gasteiger charge is 2.30. The first kappa shape index (κ1) is 87.3. The molecule has 0 radical (unpaired) electrons. The lowest BCUT2D eigenvalue weighted by atomic mass is 9.93. The van der Waals surface area contributed by atoms with Crippen LogP contribution < -0.4 is 0 Å². The fourth-order valence-electron chi connectivity index (χ4n) is 19.9. The number of morpholine rings is 4. The zero-order valence-electron chi connectivity index (χ0n) is 75.7. The molecule has 4 saturated heterocycles. The largest absolute Gasteiger partial charge is 0.379 e. The molecular formula is C111H118N8O8. The number of aryl methyl sites for hydroxylation is 7. The monoisotopic (exact) mass is 1690 g/mol. The lowest BCUT2D eigenvalue weighted by Crippen LogP contribution is -2.38. The molecule has 0 atom stereocenters. The van der Waals surface area contributed by atoms with Crippen LogP contribution in [0.3, 0.4) is 0 Å². The highest BCUT2D eigenvalue weighted by molar-refractivity contribution is 6.26. The zero-order chi connectivity index (χ0) is 88.1. The van der Waals surface area contributed by atoms with Crippen molar-refractivity contribution >= 4 is 110 Å².